The Balaban J connectivity index is 0.000000219. The number of nitro groups is 1. The van der Waals surface area contributed by atoms with Crippen molar-refractivity contribution in [3.63, 3.8) is 0 Å². The van der Waals surface area contributed by atoms with Gasteiger partial charge in [-0.15, -0.1) is 0 Å². The normalized spacial score (nSPS) is 9.24. The highest BCUT2D eigenvalue weighted by Crippen LogP contribution is 2.24. The van der Waals surface area contributed by atoms with Crippen LogP contribution < -0.4 is 0 Å². The van der Waals surface area contributed by atoms with Crippen molar-refractivity contribution in [3.8, 4) is 0 Å². The fourth-order valence-electron chi connectivity index (χ4n) is 1.28. The molecule has 0 atom stereocenters. The van der Waals surface area contributed by atoms with Crippen molar-refractivity contribution in [3.05, 3.63) is 72.7 Å². The number of hydrogen-bond acceptors (Lipinski definition) is 4. The number of nitrogens with zero attached hydrogens (tertiary/aromatic N) is 1. The fourth-order valence-corrected chi connectivity index (χ4v) is 1.94. The highest BCUT2D eigenvalue weighted by atomic mass is 79.9. The van der Waals surface area contributed by atoms with E-state index in [9.17, 15) is 19.7 Å². The van der Waals surface area contributed by atoms with Gasteiger partial charge >= 0.3 is 0 Å². The molecule has 0 heterocycles. The maximum atomic E-state index is 10.3. The topological polar surface area (TPSA) is 77.3 Å². The molecule has 0 aliphatic carbocycles. The Morgan fingerprint density at radius 3 is 1.90 bits per heavy atom. The van der Waals surface area contributed by atoms with Gasteiger partial charge in [-0.05, 0) is 34.1 Å². The van der Waals surface area contributed by atoms with Gasteiger partial charge in [-0.3, -0.25) is 19.7 Å². The van der Waals surface area contributed by atoms with Crippen molar-refractivity contribution in [2.75, 3.05) is 0 Å². The van der Waals surface area contributed by atoms with E-state index in [1.165, 1.54) is 18.2 Å². The minimum absolute atomic E-state index is 0.0976. The monoisotopic (exact) mass is 413 g/mol. The summed E-state index contributed by atoms with van der Waals surface area (Å²) in [4.78, 5) is 30.2. The number of nitro benzene ring substituents is 1. The maximum absolute atomic E-state index is 10.3. The zero-order valence-electron chi connectivity index (χ0n) is 10.5. The van der Waals surface area contributed by atoms with Crippen LogP contribution in [0.2, 0.25) is 0 Å². The van der Waals surface area contributed by atoms with E-state index in [2.05, 4.69) is 31.9 Å². The van der Waals surface area contributed by atoms with Crippen LogP contribution in [0.1, 0.15) is 20.7 Å². The average molecular weight is 415 g/mol. The minimum Gasteiger partial charge on any atom is -0.298 e. The molecule has 0 fully saturated rings. The Morgan fingerprint density at radius 1 is 0.905 bits per heavy atom. The van der Waals surface area contributed by atoms with Gasteiger partial charge in [0.1, 0.15) is 12.6 Å². The maximum Gasteiger partial charge on any atom is 0.284 e. The summed E-state index contributed by atoms with van der Waals surface area (Å²) < 4.78 is 1.37. The Bertz CT molecular complexity index is 657. The molecule has 0 saturated carbocycles. The summed E-state index contributed by atoms with van der Waals surface area (Å²) in [5.74, 6) is 0. The minimum atomic E-state index is -0.545. The van der Waals surface area contributed by atoms with E-state index >= 15 is 0 Å². The highest BCUT2D eigenvalue weighted by molar-refractivity contribution is 9.10. The van der Waals surface area contributed by atoms with Crippen LogP contribution >= 0.6 is 31.9 Å². The van der Waals surface area contributed by atoms with Crippen molar-refractivity contribution < 1.29 is 14.5 Å². The van der Waals surface area contributed by atoms with Crippen molar-refractivity contribution in [1.82, 2.24) is 0 Å². The Hall–Kier alpha value is -1.86. The molecule has 0 aromatic heterocycles. The van der Waals surface area contributed by atoms with Crippen molar-refractivity contribution >= 4 is 50.1 Å². The van der Waals surface area contributed by atoms with E-state index in [0.29, 0.717) is 21.9 Å². The van der Waals surface area contributed by atoms with Crippen LogP contribution in [0.15, 0.2) is 51.4 Å². The smallest absolute Gasteiger partial charge is 0.284 e. The van der Waals surface area contributed by atoms with Crippen LogP contribution in [-0.4, -0.2) is 17.5 Å². The van der Waals surface area contributed by atoms with E-state index in [1.54, 1.807) is 12.1 Å². The molecule has 7 heteroatoms. The number of carbonyl (C=O) groups excluding carboxylic acids is 2. The molecule has 0 aliphatic rings. The standard InChI is InChI=1S/C7H4BrNO3.C7H5BrO/c8-6-2-1-5(4-10)3-7(6)9(11)12;8-7-3-1-6(5-9)2-4-7/h1-4H;1-5H. The molecule has 21 heavy (non-hydrogen) atoms. The van der Waals surface area contributed by atoms with Gasteiger partial charge in [0.2, 0.25) is 0 Å². The Morgan fingerprint density at radius 2 is 1.43 bits per heavy atom. The zero-order valence-corrected chi connectivity index (χ0v) is 13.7. The molecular formula is C14H9Br2NO4. The van der Waals surface area contributed by atoms with Gasteiger partial charge in [0.15, 0.2) is 0 Å². The van der Waals surface area contributed by atoms with E-state index in [-0.39, 0.29) is 5.69 Å². The number of benzene rings is 2. The second kappa shape index (κ2) is 8.43. The first-order chi connectivity index (χ1) is 9.97. The first kappa shape index (κ1) is 17.2. The molecule has 0 aliphatic heterocycles. The Kier molecular flexibility index (Phi) is 6.90. The van der Waals surface area contributed by atoms with Crippen LogP contribution in [0.4, 0.5) is 5.69 Å². The highest BCUT2D eigenvalue weighted by Gasteiger charge is 2.11. The van der Waals surface area contributed by atoms with Gasteiger partial charge in [-0.1, -0.05) is 34.1 Å². The molecule has 0 amide bonds. The number of rotatable bonds is 3. The molecular weight excluding hydrogens is 406 g/mol. The van der Waals surface area contributed by atoms with E-state index in [1.807, 2.05) is 12.1 Å². The Labute approximate surface area is 137 Å². The van der Waals surface area contributed by atoms with Gasteiger partial charge in [-0.25, -0.2) is 0 Å². The van der Waals surface area contributed by atoms with Gasteiger partial charge in [0.05, 0.1) is 9.40 Å². The summed E-state index contributed by atoms with van der Waals surface area (Å²) in [5.41, 5.74) is 0.905. The van der Waals surface area contributed by atoms with Gasteiger partial charge in [0, 0.05) is 21.7 Å². The zero-order chi connectivity index (χ0) is 15.8. The molecule has 5 nitrogen and oxygen atoms in total. The lowest BCUT2D eigenvalue weighted by atomic mass is 10.2. The quantitative estimate of drug-likeness (QED) is 0.422. The van der Waals surface area contributed by atoms with Gasteiger partial charge in [-0.2, -0.15) is 0 Å². The van der Waals surface area contributed by atoms with E-state index in [4.69, 9.17) is 0 Å². The lowest BCUT2D eigenvalue weighted by Gasteiger charge is -1.94. The van der Waals surface area contributed by atoms with Crippen LogP contribution in [0, 0.1) is 10.1 Å². The summed E-state index contributed by atoms with van der Waals surface area (Å²) in [6, 6.07) is 11.4. The fraction of sp³-hybridized carbons (Fsp3) is 0. The van der Waals surface area contributed by atoms with E-state index in [0.717, 1.165) is 10.8 Å². The van der Waals surface area contributed by atoms with Crippen molar-refractivity contribution in [1.29, 1.82) is 0 Å². The van der Waals surface area contributed by atoms with E-state index < -0.39 is 4.92 Å². The van der Waals surface area contributed by atoms with Crippen LogP contribution in [0.3, 0.4) is 0 Å². The molecule has 2 rings (SSSR count). The van der Waals surface area contributed by atoms with Crippen LogP contribution in [0.5, 0.6) is 0 Å². The number of aldehydes is 2. The third kappa shape index (κ3) is 5.57. The molecule has 2 aromatic carbocycles. The largest absolute Gasteiger partial charge is 0.298 e. The molecule has 0 bridgehead atoms. The molecule has 0 unspecified atom stereocenters. The van der Waals surface area contributed by atoms with Crippen molar-refractivity contribution in [2.45, 2.75) is 0 Å². The molecule has 0 radical (unpaired) electrons. The lowest BCUT2D eigenvalue weighted by molar-refractivity contribution is -0.385. The molecule has 108 valence electrons. The molecule has 0 spiro atoms. The average Bonchev–Trinajstić information content (AvgIpc) is 2.49. The summed E-state index contributed by atoms with van der Waals surface area (Å²) in [6.07, 6.45) is 1.39. The van der Waals surface area contributed by atoms with Crippen LogP contribution in [0.25, 0.3) is 0 Å². The number of halogens is 2. The first-order valence-corrected chi connectivity index (χ1v) is 7.16. The van der Waals surface area contributed by atoms with Crippen molar-refractivity contribution in [2.24, 2.45) is 0 Å². The van der Waals surface area contributed by atoms with Gasteiger partial charge < -0.3 is 0 Å². The third-order valence-electron chi connectivity index (χ3n) is 2.31. The SMILES string of the molecule is O=Cc1ccc(Br)c([N+](=O)[O-])c1.O=Cc1ccc(Br)cc1. The molecule has 0 saturated heterocycles. The number of carbonyl (C=O) groups is 2. The lowest BCUT2D eigenvalue weighted by Crippen LogP contribution is -1.90. The second-order valence-electron chi connectivity index (χ2n) is 3.76. The first-order valence-electron chi connectivity index (χ1n) is 5.57. The number of hydrogen-bond donors (Lipinski definition) is 0. The predicted molar refractivity (Wildman–Crippen MR) is 85.7 cm³/mol. The third-order valence-corrected chi connectivity index (χ3v) is 3.51. The summed E-state index contributed by atoms with van der Waals surface area (Å²) >= 11 is 6.26. The predicted octanol–water partition coefficient (Wildman–Crippen LogP) is 4.43. The second-order valence-corrected chi connectivity index (χ2v) is 5.53. The molecule has 0 N–H and O–H groups in total. The summed E-state index contributed by atoms with van der Waals surface area (Å²) in [5, 5.41) is 10.3. The summed E-state index contributed by atoms with van der Waals surface area (Å²) in [7, 11) is 0. The molecule has 2 aromatic rings. The summed E-state index contributed by atoms with van der Waals surface area (Å²) in [6.45, 7) is 0. The van der Waals surface area contributed by atoms with Crippen LogP contribution in [-0.2, 0) is 0 Å². The van der Waals surface area contributed by atoms with Gasteiger partial charge in [0.25, 0.3) is 5.69 Å².